The lowest BCUT2D eigenvalue weighted by molar-refractivity contribution is -0.145. The fraction of sp³-hybridized carbons (Fsp3) is 0.292. The van der Waals surface area contributed by atoms with Gasteiger partial charge >= 0.3 is 5.97 Å². The number of benzene rings is 2. The number of carboxylic acid groups (broad SMARTS) is 1. The zero-order valence-corrected chi connectivity index (χ0v) is 18.0. The van der Waals surface area contributed by atoms with E-state index in [1.165, 1.54) is 36.4 Å². The van der Waals surface area contributed by atoms with Crippen molar-refractivity contribution in [2.24, 2.45) is 0 Å². The second-order valence-corrected chi connectivity index (χ2v) is 7.71. The van der Waals surface area contributed by atoms with Gasteiger partial charge in [0.15, 0.2) is 0 Å². The summed E-state index contributed by atoms with van der Waals surface area (Å²) in [4.78, 5) is 39.7. The van der Waals surface area contributed by atoms with Crippen molar-refractivity contribution in [2.45, 2.75) is 26.0 Å². The third kappa shape index (κ3) is 4.96. The Hall–Kier alpha value is -3.68. The molecule has 0 radical (unpaired) electrons. The summed E-state index contributed by atoms with van der Waals surface area (Å²) in [6.07, 6.45) is 0.116. The third-order valence-electron chi connectivity index (χ3n) is 5.47. The van der Waals surface area contributed by atoms with Gasteiger partial charge < -0.3 is 19.6 Å². The van der Waals surface area contributed by atoms with Crippen LogP contribution in [0.25, 0.3) is 0 Å². The molecular formula is C24H25FN2O5. The average Bonchev–Trinajstić information content (AvgIpc) is 2.78. The molecule has 2 aromatic rings. The Morgan fingerprint density at radius 1 is 1.19 bits per heavy atom. The zero-order chi connectivity index (χ0) is 23.4. The third-order valence-corrected chi connectivity index (χ3v) is 5.47. The van der Waals surface area contributed by atoms with Crippen LogP contribution < -0.4 is 4.74 Å². The van der Waals surface area contributed by atoms with Crippen LogP contribution in [0.1, 0.15) is 34.5 Å². The van der Waals surface area contributed by atoms with Crippen LogP contribution in [0.5, 0.6) is 5.75 Å². The van der Waals surface area contributed by atoms with Crippen LogP contribution in [-0.2, 0) is 9.59 Å². The molecule has 0 saturated carbocycles. The second kappa shape index (κ2) is 9.64. The molecular weight excluding hydrogens is 415 g/mol. The van der Waals surface area contributed by atoms with Gasteiger partial charge in [0, 0.05) is 31.2 Å². The Kier molecular flexibility index (Phi) is 6.92. The summed E-state index contributed by atoms with van der Waals surface area (Å²) < 4.78 is 20.2. The number of piperazine rings is 1. The topological polar surface area (TPSA) is 87.2 Å². The van der Waals surface area contributed by atoms with Crippen molar-refractivity contribution >= 4 is 17.8 Å². The largest absolute Gasteiger partial charge is 0.478 e. The van der Waals surface area contributed by atoms with Crippen molar-refractivity contribution in [1.29, 1.82) is 0 Å². The number of carbonyl (C=O) groups excluding carboxylic acids is 2. The molecule has 168 valence electrons. The Morgan fingerprint density at radius 3 is 2.44 bits per heavy atom. The van der Waals surface area contributed by atoms with Gasteiger partial charge in [-0.3, -0.25) is 9.59 Å². The molecule has 3 rings (SSSR count). The fourth-order valence-electron chi connectivity index (χ4n) is 3.61. The second-order valence-electron chi connectivity index (χ2n) is 7.71. The van der Waals surface area contributed by atoms with Gasteiger partial charge in [0.05, 0.1) is 5.56 Å². The fourth-order valence-corrected chi connectivity index (χ4v) is 3.61. The van der Waals surface area contributed by atoms with Crippen molar-refractivity contribution in [3.05, 3.63) is 77.6 Å². The lowest BCUT2D eigenvalue weighted by Crippen LogP contribution is -2.56. The van der Waals surface area contributed by atoms with Crippen LogP contribution in [-0.4, -0.2) is 58.4 Å². The van der Waals surface area contributed by atoms with Crippen LogP contribution in [0.15, 0.2) is 55.1 Å². The van der Waals surface area contributed by atoms with Gasteiger partial charge in [0.2, 0.25) is 12.0 Å². The SMILES string of the molecule is C=CC(=O)N1CCN(C(=O)[C@H](Oc2ccc(C(=O)O)cc2)c2ccc(C)c(F)c2)C[C@H]1C. The molecule has 1 saturated heterocycles. The smallest absolute Gasteiger partial charge is 0.335 e. The van der Waals surface area contributed by atoms with E-state index >= 15 is 0 Å². The first kappa shape index (κ1) is 23.0. The van der Waals surface area contributed by atoms with Gasteiger partial charge in [0.1, 0.15) is 11.6 Å². The number of halogens is 1. The minimum atomic E-state index is -1.13. The summed E-state index contributed by atoms with van der Waals surface area (Å²) in [6.45, 7) is 7.92. The molecule has 1 N–H and O–H groups in total. The number of aromatic carboxylic acids is 1. The quantitative estimate of drug-likeness (QED) is 0.697. The summed E-state index contributed by atoms with van der Waals surface area (Å²) in [5.74, 6) is -1.82. The van der Waals surface area contributed by atoms with E-state index in [0.29, 0.717) is 30.8 Å². The van der Waals surface area contributed by atoms with Gasteiger partial charge in [-0.1, -0.05) is 18.7 Å². The van der Waals surface area contributed by atoms with E-state index in [9.17, 15) is 18.8 Å². The highest BCUT2D eigenvalue weighted by Crippen LogP contribution is 2.27. The number of aryl methyl sites for hydroxylation is 1. The van der Waals surface area contributed by atoms with Crippen LogP contribution in [0.2, 0.25) is 0 Å². The van der Waals surface area contributed by atoms with E-state index in [-0.39, 0.29) is 29.2 Å². The van der Waals surface area contributed by atoms with Crippen LogP contribution in [0.3, 0.4) is 0 Å². The molecule has 2 amide bonds. The number of hydrogen-bond donors (Lipinski definition) is 1. The summed E-state index contributed by atoms with van der Waals surface area (Å²) >= 11 is 0. The van der Waals surface area contributed by atoms with Crippen LogP contribution >= 0.6 is 0 Å². The predicted octanol–water partition coefficient (Wildman–Crippen LogP) is 3.20. The van der Waals surface area contributed by atoms with Gasteiger partial charge in [0.25, 0.3) is 5.91 Å². The minimum absolute atomic E-state index is 0.0819. The molecule has 2 atom stereocenters. The van der Waals surface area contributed by atoms with E-state index in [1.54, 1.807) is 28.9 Å². The van der Waals surface area contributed by atoms with Gasteiger partial charge in [-0.05, 0) is 55.8 Å². The molecule has 0 aliphatic carbocycles. The Balaban J connectivity index is 1.87. The molecule has 0 bridgehead atoms. The number of carboxylic acids is 1. The summed E-state index contributed by atoms with van der Waals surface area (Å²) in [5.41, 5.74) is 0.868. The molecule has 0 spiro atoms. The first-order chi connectivity index (χ1) is 15.2. The molecule has 1 heterocycles. The van der Waals surface area contributed by atoms with Crippen LogP contribution in [0, 0.1) is 12.7 Å². The lowest BCUT2D eigenvalue weighted by Gasteiger charge is -2.40. The number of hydrogen-bond acceptors (Lipinski definition) is 4. The summed E-state index contributed by atoms with van der Waals surface area (Å²) in [6, 6.07) is 9.91. The maximum absolute atomic E-state index is 14.3. The van der Waals surface area contributed by atoms with Crippen molar-refractivity contribution in [1.82, 2.24) is 9.80 Å². The number of amides is 2. The number of carbonyl (C=O) groups is 3. The van der Waals surface area contributed by atoms with Crippen LogP contribution in [0.4, 0.5) is 4.39 Å². The Bertz CT molecular complexity index is 1040. The lowest BCUT2D eigenvalue weighted by atomic mass is 10.0. The minimum Gasteiger partial charge on any atom is -0.478 e. The normalized spacial score (nSPS) is 16.9. The van der Waals surface area contributed by atoms with E-state index < -0.39 is 17.9 Å². The van der Waals surface area contributed by atoms with E-state index in [2.05, 4.69) is 6.58 Å². The molecule has 8 heteroatoms. The van der Waals surface area contributed by atoms with E-state index in [4.69, 9.17) is 9.84 Å². The van der Waals surface area contributed by atoms with Crippen molar-refractivity contribution in [3.8, 4) is 5.75 Å². The summed E-state index contributed by atoms with van der Waals surface area (Å²) in [7, 11) is 0. The van der Waals surface area contributed by atoms with Gasteiger partial charge in [-0.15, -0.1) is 0 Å². The standard InChI is InChI=1S/C24H25FN2O5/c1-4-21(28)27-12-11-26(14-16(27)3)23(29)22(18-6-5-15(2)20(25)13-18)32-19-9-7-17(8-10-19)24(30)31/h4-10,13,16,22H,1,11-12,14H2,2-3H3,(H,30,31)/t16-,22-/m1/s1. The molecule has 1 aliphatic heterocycles. The number of ether oxygens (including phenoxy) is 1. The van der Waals surface area contributed by atoms with E-state index in [1.807, 2.05) is 6.92 Å². The molecule has 32 heavy (non-hydrogen) atoms. The Morgan fingerprint density at radius 2 is 1.88 bits per heavy atom. The molecule has 7 nitrogen and oxygen atoms in total. The van der Waals surface area contributed by atoms with Crippen molar-refractivity contribution < 1.29 is 28.6 Å². The molecule has 1 fully saturated rings. The highest BCUT2D eigenvalue weighted by atomic mass is 19.1. The molecule has 0 aromatic heterocycles. The molecule has 0 unspecified atom stereocenters. The summed E-state index contributed by atoms with van der Waals surface area (Å²) in [5, 5.41) is 9.08. The van der Waals surface area contributed by atoms with E-state index in [0.717, 1.165) is 0 Å². The zero-order valence-electron chi connectivity index (χ0n) is 18.0. The number of nitrogens with zero attached hydrogens (tertiary/aromatic N) is 2. The maximum Gasteiger partial charge on any atom is 0.335 e. The van der Waals surface area contributed by atoms with Crippen molar-refractivity contribution in [2.75, 3.05) is 19.6 Å². The highest BCUT2D eigenvalue weighted by molar-refractivity contribution is 5.88. The number of rotatable bonds is 6. The van der Waals surface area contributed by atoms with Gasteiger partial charge in [-0.2, -0.15) is 0 Å². The highest BCUT2D eigenvalue weighted by Gasteiger charge is 2.34. The van der Waals surface area contributed by atoms with Crippen molar-refractivity contribution in [3.63, 3.8) is 0 Å². The average molecular weight is 440 g/mol. The maximum atomic E-state index is 14.3. The monoisotopic (exact) mass is 440 g/mol. The first-order valence-corrected chi connectivity index (χ1v) is 10.2. The van der Waals surface area contributed by atoms with Gasteiger partial charge in [-0.25, -0.2) is 9.18 Å². The molecule has 2 aromatic carbocycles. The Labute approximate surface area is 185 Å². The predicted molar refractivity (Wildman–Crippen MR) is 116 cm³/mol. The first-order valence-electron chi connectivity index (χ1n) is 10.2. The molecule has 1 aliphatic rings.